The number of nitrogens with zero attached hydrogens (tertiary/aromatic N) is 4. The molecule has 8 nitrogen and oxygen atoms in total. The summed E-state index contributed by atoms with van der Waals surface area (Å²) in [5, 5.41) is 6.76. The lowest BCUT2D eigenvalue weighted by Gasteiger charge is -2.27. The number of amides is 1. The molecule has 4 heterocycles. The van der Waals surface area contributed by atoms with Crippen molar-refractivity contribution in [3.05, 3.63) is 23.7 Å². The average molecular weight is 329 g/mol. The van der Waals surface area contributed by atoms with E-state index in [4.69, 9.17) is 14.2 Å². The summed E-state index contributed by atoms with van der Waals surface area (Å²) >= 11 is 0. The summed E-state index contributed by atoms with van der Waals surface area (Å²) in [6.45, 7) is 4.16. The standard InChI is InChI=1S/C16H19N5O3/c1-10-7-13(24-20-10)11-8-18-16(21-5-4-17-14(22)9-21)19-15(11)12-3-2-6-23-12/h7-8,12H,2-6,9H2,1H3,(H,17,22)/t12-/m1/s1. The second kappa shape index (κ2) is 6.20. The van der Waals surface area contributed by atoms with E-state index in [9.17, 15) is 4.79 Å². The number of nitrogens with one attached hydrogen (secondary N) is 1. The number of piperazine rings is 1. The van der Waals surface area contributed by atoms with Gasteiger partial charge in [-0.3, -0.25) is 4.79 Å². The van der Waals surface area contributed by atoms with E-state index in [1.807, 2.05) is 17.9 Å². The van der Waals surface area contributed by atoms with Crippen LogP contribution in [0.2, 0.25) is 0 Å². The first-order valence-corrected chi connectivity index (χ1v) is 8.14. The Morgan fingerprint density at radius 3 is 3.04 bits per heavy atom. The minimum Gasteiger partial charge on any atom is -0.372 e. The molecule has 0 unspecified atom stereocenters. The number of hydrogen-bond donors (Lipinski definition) is 1. The molecule has 4 rings (SSSR count). The normalized spacial score (nSPS) is 21.1. The van der Waals surface area contributed by atoms with Gasteiger partial charge in [0.15, 0.2) is 5.76 Å². The Balaban J connectivity index is 1.73. The summed E-state index contributed by atoms with van der Waals surface area (Å²) in [6, 6.07) is 1.87. The van der Waals surface area contributed by atoms with Gasteiger partial charge in [0, 0.05) is 32.0 Å². The summed E-state index contributed by atoms with van der Waals surface area (Å²) in [4.78, 5) is 22.7. The zero-order chi connectivity index (χ0) is 16.5. The van der Waals surface area contributed by atoms with Crippen molar-refractivity contribution in [2.45, 2.75) is 25.9 Å². The van der Waals surface area contributed by atoms with Crippen LogP contribution in [0.25, 0.3) is 11.3 Å². The molecular weight excluding hydrogens is 310 g/mol. The van der Waals surface area contributed by atoms with E-state index in [2.05, 4.69) is 15.5 Å². The van der Waals surface area contributed by atoms with Crippen molar-refractivity contribution in [1.82, 2.24) is 20.4 Å². The van der Waals surface area contributed by atoms with Gasteiger partial charge in [0.1, 0.15) is 6.10 Å². The van der Waals surface area contributed by atoms with Crippen molar-refractivity contribution >= 4 is 11.9 Å². The molecule has 1 amide bonds. The van der Waals surface area contributed by atoms with Gasteiger partial charge in [-0.15, -0.1) is 0 Å². The third-order valence-electron chi connectivity index (χ3n) is 4.25. The van der Waals surface area contributed by atoms with Crippen LogP contribution in [0.1, 0.15) is 30.3 Å². The molecule has 1 atom stereocenters. The molecule has 8 heteroatoms. The van der Waals surface area contributed by atoms with Gasteiger partial charge in [0.05, 0.1) is 23.5 Å². The van der Waals surface area contributed by atoms with E-state index in [1.165, 1.54) is 0 Å². The smallest absolute Gasteiger partial charge is 0.239 e. The lowest BCUT2D eigenvalue weighted by atomic mass is 10.1. The first-order valence-electron chi connectivity index (χ1n) is 8.14. The van der Waals surface area contributed by atoms with E-state index in [0.717, 1.165) is 36.4 Å². The maximum atomic E-state index is 11.6. The molecular formula is C16H19N5O3. The molecule has 0 spiro atoms. The van der Waals surface area contributed by atoms with Crippen LogP contribution in [0.4, 0.5) is 5.95 Å². The summed E-state index contributed by atoms with van der Waals surface area (Å²) in [6.07, 6.45) is 3.58. The molecule has 0 radical (unpaired) electrons. The Hall–Kier alpha value is -2.48. The van der Waals surface area contributed by atoms with E-state index in [1.54, 1.807) is 6.20 Å². The van der Waals surface area contributed by atoms with Gasteiger partial charge in [0.2, 0.25) is 11.9 Å². The van der Waals surface area contributed by atoms with Crippen molar-refractivity contribution in [1.29, 1.82) is 0 Å². The highest BCUT2D eigenvalue weighted by atomic mass is 16.5. The van der Waals surface area contributed by atoms with Gasteiger partial charge in [-0.25, -0.2) is 9.97 Å². The summed E-state index contributed by atoms with van der Waals surface area (Å²) in [5.74, 6) is 1.18. The Labute approximate surface area is 139 Å². The van der Waals surface area contributed by atoms with Gasteiger partial charge in [-0.05, 0) is 19.8 Å². The minimum atomic E-state index is -0.0780. The van der Waals surface area contributed by atoms with Crippen LogP contribution < -0.4 is 10.2 Å². The molecule has 1 N–H and O–H groups in total. The topological polar surface area (TPSA) is 93.4 Å². The molecule has 2 aromatic rings. The molecule has 0 aliphatic carbocycles. The van der Waals surface area contributed by atoms with Crippen molar-refractivity contribution in [3.8, 4) is 11.3 Å². The Kier molecular flexibility index (Phi) is 3.89. The van der Waals surface area contributed by atoms with Crippen LogP contribution in [-0.4, -0.2) is 47.3 Å². The molecule has 126 valence electrons. The van der Waals surface area contributed by atoms with Crippen molar-refractivity contribution in [3.63, 3.8) is 0 Å². The number of carbonyl (C=O) groups is 1. The molecule has 2 aliphatic rings. The summed E-state index contributed by atoms with van der Waals surface area (Å²) < 4.78 is 11.2. The molecule has 2 saturated heterocycles. The van der Waals surface area contributed by atoms with Crippen molar-refractivity contribution in [2.75, 3.05) is 31.1 Å². The molecule has 0 bridgehead atoms. The van der Waals surface area contributed by atoms with Gasteiger partial charge in [-0.2, -0.15) is 0 Å². The largest absolute Gasteiger partial charge is 0.372 e. The van der Waals surface area contributed by atoms with E-state index in [0.29, 0.717) is 24.8 Å². The second-order valence-corrected chi connectivity index (χ2v) is 6.07. The number of aromatic nitrogens is 3. The Bertz CT molecular complexity index is 754. The molecule has 2 aromatic heterocycles. The highest BCUT2D eigenvalue weighted by Gasteiger charge is 2.27. The number of rotatable bonds is 3. The second-order valence-electron chi connectivity index (χ2n) is 6.07. The first kappa shape index (κ1) is 15.1. The number of carbonyl (C=O) groups excluding carboxylic acids is 1. The predicted octanol–water partition coefficient (Wildman–Crippen LogP) is 1.23. The maximum absolute atomic E-state index is 11.6. The molecule has 2 aliphatic heterocycles. The third-order valence-corrected chi connectivity index (χ3v) is 4.25. The van der Waals surface area contributed by atoms with Crippen molar-refractivity contribution in [2.24, 2.45) is 0 Å². The molecule has 0 saturated carbocycles. The average Bonchev–Trinajstić information content (AvgIpc) is 3.26. The van der Waals surface area contributed by atoms with Gasteiger partial charge >= 0.3 is 0 Å². The van der Waals surface area contributed by atoms with E-state index in [-0.39, 0.29) is 18.6 Å². The number of aryl methyl sites for hydroxylation is 1. The number of hydrogen-bond acceptors (Lipinski definition) is 7. The molecule has 24 heavy (non-hydrogen) atoms. The van der Waals surface area contributed by atoms with Crippen LogP contribution in [0.3, 0.4) is 0 Å². The fourth-order valence-corrected chi connectivity index (χ4v) is 3.07. The Morgan fingerprint density at radius 2 is 2.33 bits per heavy atom. The van der Waals surface area contributed by atoms with Crippen LogP contribution in [0.15, 0.2) is 16.8 Å². The summed E-state index contributed by atoms with van der Waals surface area (Å²) in [5.41, 5.74) is 2.41. The van der Waals surface area contributed by atoms with Crippen LogP contribution >= 0.6 is 0 Å². The highest BCUT2D eigenvalue weighted by molar-refractivity contribution is 5.82. The zero-order valence-electron chi connectivity index (χ0n) is 13.5. The highest BCUT2D eigenvalue weighted by Crippen LogP contribution is 2.35. The van der Waals surface area contributed by atoms with Crippen LogP contribution in [0.5, 0.6) is 0 Å². The fraction of sp³-hybridized carbons (Fsp3) is 0.500. The molecule has 2 fully saturated rings. The van der Waals surface area contributed by atoms with E-state index < -0.39 is 0 Å². The number of anilines is 1. The first-order chi connectivity index (χ1) is 11.7. The lowest BCUT2D eigenvalue weighted by molar-refractivity contribution is -0.120. The zero-order valence-corrected chi connectivity index (χ0v) is 13.5. The lowest BCUT2D eigenvalue weighted by Crippen LogP contribution is -2.48. The van der Waals surface area contributed by atoms with Gasteiger partial charge in [-0.1, -0.05) is 5.16 Å². The predicted molar refractivity (Wildman–Crippen MR) is 85.4 cm³/mol. The van der Waals surface area contributed by atoms with Gasteiger partial charge < -0.3 is 19.5 Å². The fourth-order valence-electron chi connectivity index (χ4n) is 3.07. The van der Waals surface area contributed by atoms with E-state index >= 15 is 0 Å². The monoisotopic (exact) mass is 329 g/mol. The maximum Gasteiger partial charge on any atom is 0.239 e. The quantitative estimate of drug-likeness (QED) is 0.905. The van der Waals surface area contributed by atoms with Gasteiger partial charge in [0.25, 0.3) is 0 Å². The van der Waals surface area contributed by atoms with Crippen molar-refractivity contribution < 1.29 is 14.1 Å². The third kappa shape index (κ3) is 2.84. The molecule has 0 aromatic carbocycles. The van der Waals surface area contributed by atoms with Crippen LogP contribution in [-0.2, 0) is 9.53 Å². The summed E-state index contributed by atoms with van der Waals surface area (Å²) in [7, 11) is 0. The minimum absolute atomic E-state index is 0.0153. The van der Waals surface area contributed by atoms with Crippen LogP contribution in [0, 0.1) is 6.92 Å². The Morgan fingerprint density at radius 1 is 1.42 bits per heavy atom. The SMILES string of the molecule is Cc1cc(-c2cnc(N3CCNC(=O)C3)nc2[C@H]2CCCO2)on1. The number of ether oxygens (including phenoxy) is 1.